The second-order valence-corrected chi connectivity index (χ2v) is 4.72. The fourth-order valence-electron chi connectivity index (χ4n) is 2.86. The van der Waals surface area contributed by atoms with Crippen molar-refractivity contribution >= 4 is 24.0 Å². The summed E-state index contributed by atoms with van der Waals surface area (Å²) in [5.74, 6) is 0.170. The van der Waals surface area contributed by atoms with Crippen LogP contribution in [-0.2, 0) is 10.2 Å². The Labute approximate surface area is 107 Å². The first-order valence-electron chi connectivity index (χ1n) is 5.95. The fourth-order valence-corrected chi connectivity index (χ4v) is 2.86. The molecule has 1 atom stereocenters. The fraction of sp³-hybridized carbons (Fsp3) is 0.462. The highest BCUT2D eigenvalue weighted by molar-refractivity contribution is 6.06. The van der Waals surface area contributed by atoms with Crippen LogP contribution in [0.15, 0.2) is 24.3 Å². The number of rotatable bonds is 0. The van der Waals surface area contributed by atoms with Crippen LogP contribution >= 0.6 is 12.4 Å². The van der Waals surface area contributed by atoms with Gasteiger partial charge in [-0.05, 0) is 31.0 Å². The lowest BCUT2D eigenvalue weighted by atomic mass is 9.78. The van der Waals surface area contributed by atoms with Crippen LogP contribution in [-0.4, -0.2) is 19.0 Å². The molecule has 1 aromatic carbocycles. The van der Waals surface area contributed by atoms with Gasteiger partial charge in [-0.15, -0.1) is 12.4 Å². The van der Waals surface area contributed by atoms with Crippen LogP contribution in [0.1, 0.15) is 24.8 Å². The summed E-state index contributed by atoms with van der Waals surface area (Å²) in [5.41, 5.74) is 1.86. The predicted molar refractivity (Wildman–Crippen MR) is 70.7 cm³/mol. The molecule has 1 spiro atoms. The third kappa shape index (κ3) is 1.83. The number of nitrogens with one attached hydrogen (secondary N) is 2. The van der Waals surface area contributed by atoms with Crippen molar-refractivity contribution in [3.05, 3.63) is 29.8 Å². The van der Waals surface area contributed by atoms with E-state index < -0.39 is 0 Å². The largest absolute Gasteiger partial charge is 0.325 e. The average molecular weight is 253 g/mol. The Balaban J connectivity index is 0.00000108. The van der Waals surface area contributed by atoms with Crippen molar-refractivity contribution in [2.75, 3.05) is 18.4 Å². The smallest absolute Gasteiger partial charge is 0.236 e. The van der Waals surface area contributed by atoms with E-state index in [9.17, 15) is 4.79 Å². The summed E-state index contributed by atoms with van der Waals surface area (Å²) in [6.07, 6.45) is 3.24. The first-order chi connectivity index (χ1) is 7.83. The number of benzene rings is 1. The molecule has 2 N–H and O–H groups in total. The van der Waals surface area contributed by atoms with Gasteiger partial charge in [0.05, 0.1) is 5.41 Å². The topological polar surface area (TPSA) is 41.1 Å². The van der Waals surface area contributed by atoms with Gasteiger partial charge in [0.2, 0.25) is 5.91 Å². The maximum absolute atomic E-state index is 12.2. The van der Waals surface area contributed by atoms with Crippen molar-refractivity contribution in [2.24, 2.45) is 0 Å². The highest BCUT2D eigenvalue weighted by atomic mass is 35.5. The summed E-state index contributed by atoms with van der Waals surface area (Å²) in [5, 5.41) is 6.40. The van der Waals surface area contributed by atoms with E-state index in [4.69, 9.17) is 0 Å². The number of carbonyl (C=O) groups excluding carboxylic acids is 1. The normalized spacial score (nSPS) is 26.9. The SMILES string of the molecule is Cl.O=C1Nc2ccccc2C12CCCCNC2. The molecule has 0 saturated carbocycles. The molecular weight excluding hydrogens is 236 g/mol. The maximum atomic E-state index is 12.2. The highest BCUT2D eigenvalue weighted by Gasteiger charge is 2.46. The molecule has 2 aliphatic rings. The van der Waals surface area contributed by atoms with Gasteiger partial charge in [-0.2, -0.15) is 0 Å². The van der Waals surface area contributed by atoms with Crippen molar-refractivity contribution in [3.63, 3.8) is 0 Å². The third-order valence-electron chi connectivity index (χ3n) is 3.76. The number of halogens is 1. The summed E-state index contributed by atoms with van der Waals surface area (Å²) in [6.45, 7) is 1.80. The van der Waals surface area contributed by atoms with Gasteiger partial charge in [-0.1, -0.05) is 24.6 Å². The Hall–Kier alpha value is -1.06. The lowest BCUT2D eigenvalue weighted by Crippen LogP contribution is -2.42. The predicted octanol–water partition coefficient (Wildman–Crippen LogP) is 2.07. The Morgan fingerprint density at radius 3 is 2.88 bits per heavy atom. The zero-order valence-electron chi connectivity index (χ0n) is 9.66. The number of amides is 1. The minimum Gasteiger partial charge on any atom is -0.325 e. The van der Waals surface area contributed by atoms with E-state index >= 15 is 0 Å². The Bertz CT molecular complexity index is 425. The van der Waals surface area contributed by atoms with E-state index in [2.05, 4.69) is 16.7 Å². The number of hydrogen-bond donors (Lipinski definition) is 2. The minimum absolute atomic E-state index is 0. The molecule has 1 aromatic rings. The Morgan fingerprint density at radius 2 is 2.00 bits per heavy atom. The van der Waals surface area contributed by atoms with Crippen molar-refractivity contribution in [1.82, 2.24) is 5.32 Å². The number of anilines is 1. The molecule has 3 nitrogen and oxygen atoms in total. The van der Waals surface area contributed by atoms with E-state index in [1.54, 1.807) is 0 Å². The van der Waals surface area contributed by atoms with Crippen LogP contribution in [0.25, 0.3) is 0 Å². The number of hydrogen-bond acceptors (Lipinski definition) is 2. The van der Waals surface area contributed by atoms with E-state index in [1.165, 1.54) is 5.56 Å². The molecule has 1 amide bonds. The second kappa shape index (κ2) is 4.67. The van der Waals surface area contributed by atoms with E-state index in [-0.39, 0.29) is 23.7 Å². The standard InChI is InChI=1S/C13H16N2O.ClH/c16-12-13(7-3-4-8-14-9-13)10-5-1-2-6-11(10)15-12;/h1-2,5-6,14H,3-4,7-9H2,(H,15,16);1H. The molecule has 2 aliphatic heterocycles. The molecule has 0 bridgehead atoms. The van der Waals surface area contributed by atoms with Crippen LogP contribution in [0.2, 0.25) is 0 Å². The van der Waals surface area contributed by atoms with Gasteiger partial charge in [0.25, 0.3) is 0 Å². The molecule has 0 radical (unpaired) electrons. The highest BCUT2D eigenvalue weighted by Crippen LogP contribution is 2.41. The molecule has 0 aromatic heterocycles. The number of carbonyl (C=O) groups is 1. The summed E-state index contributed by atoms with van der Waals surface area (Å²) < 4.78 is 0. The third-order valence-corrected chi connectivity index (χ3v) is 3.76. The summed E-state index contributed by atoms with van der Waals surface area (Å²) in [4.78, 5) is 12.2. The molecule has 92 valence electrons. The summed E-state index contributed by atoms with van der Waals surface area (Å²) in [7, 11) is 0. The molecular formula is C13H17ClN2O. The van der Waals surface area contributed by atoms with E-state index in [0.717, 1.165) is 38.0 Å². The molecule has 2 heterocycles. The second-order valence-electron chi connectivity index (χ2n) is 4.72. The van der Waals surface area contributed by atoms with Gasteiger partial charge < -0.3 is 10.6 Å². The molecule has 1 unspecified atom stereocenters. The zero-order valence-corrected chi connectivity index (χ0v) is 10.5. The van der Waals surface area contributed by atoms with Gasteiger partial charge in [0.15, 0.2) is 0 Å². The van der Waals surface area contributed by atoms with Crippen LogP contribution in [0, 0.1) is 0 Å². The van der Waals surface area contributed by atoms with Gasteiger partial charge >= 0.3 is 0 Å². The quantitative estimate of drug-likeness (QED) is 0.742. The molecule has 3 rings (SSSR count). The average Bonchev–Trinajstić information content (AvgIpc) is 2.49. The minimum atomic E-state index is -0.312. The van der Waals surface area contributed by atoms with E-state index in [1.807, 2.05) is 18.2 Å². The van der Waals surface area contributed by atoms with Gasteiger partial charge in [0.1, 0.15) is 0 Å². The van der Waals surface area contributed by atoms with Gasteiger partial charge in [0, 0.05) is 12.2 Å². The lowest BCUT2D eigenvalue weighted by Gasteiger charge is -2.25. The van der Waals surface area contributed by atoms with Crippen molar-refractivity contribution in [2.45, 2.75) is 24.7 Å². The maximum Gasteiger partial charge on any atom is 0.236 e. The van der Waals surface area contributed by atoms with Gasteiger partial charge in [-0.3, -0.25) is 4.79 Å². The van der Waals surface area contributed by atoms with E-state index in [0.29, 0.717) is 0 Å². The van der Waals surface area contributed by atoms with Crippen molar-refractivity contribution in [3.8, 4) is 0 Å². The monoisotopic (exact) mass is 252 g/mol. The molecule has 1 saturated heterocycles. The Kier molecular flexibility index (Phi) is 3.40. The first-order valence-corrected chi connectivity index (χ1v) is 5.95. The van der Waals surface area contributed by atoms with Crippen LogP contribution in [0.5, 0.6) is 0 Å². The van der Waals surface area contributed by atoms with Gasteiger partial charge in [-0.25, -0.2) is 0 Å². The van der Waals surface area contributed by atoms with Crippen LogP contribution in [0.4, 0.5) is 5.69 Å². The van der Waals surface area contributed by atoms with Crippen LogP contribution in [0.3, 0.4) is 0 Å². The lowest BCUT2D eigenvalue weighted by molar-refractivity contribution is -0.120. The molecule has 1 fully saturated rings. The first kappa shape index (κ1) is 12.4. The number of para-hydroxylation sites is 1. The zero-order chi connectivity index (χ0) is 11.0. The molecule has 4 heteroatoms. The summed E-state index contributed by atoms with van der Waals surface area (Å²) in [6, 6.07) is 8.07. The number of fused-ring (bicyclic) bond motifs is 2. The molecule has 17 heavy (non-hydrogen) atoms. The van der Waals surface area contributed by atoms with Crippen molar-refractivity contribution < 1.29 is 4.79 Å². The van der Waals surface area contributed by atoms with Crippen LogP contribution < -0.4 is 10.6 Å². The molecule has 0 aliphatic carbocycles. The summed E-state index contributed by atoms with van der Waals surface area (Å²) >= 11 is 0. The Morgan fingerprint density at radius 1 is 1.18 bits per heavy atom. The van der Waals surface area contributed by atoms with Crippen molar-refractivity contribution in [1.29, 1.82) is 0 Å².